The molecule has 3 aromatic carbocycles. The number of rotatable bonds is 9. The molecule has 0 unspecified atom stereocenters. The van der Waals surface area contributed by atoms with E-state index in [2.05, 4.69) is 10.5 Å². The number of halogens is 2. The molecule has 0 saturated heterocycles. The van der Waals surface area contributed by atoms with Crippen LogP contribution in [0.1, 0.15) is 23.6 Å². The van der Waals surface area contributed by atoms with Crippen molar-refractivity contribution < 1.29 is 13.9 Å². The molecule has 150 valence electrons. The van der Waals surface area contributed by atoms with Crippen molar-refractivity contribution in [3.63, 3.8) is 0 Å². The van der Waals surface area contributed by atoms with Crippen LogP contribution >= 0.6 is 11.6 Å². The van der Waals surface area contributed by atoms with Crippen molar-refractivity contribution in [2.45, 2.75) is 20.1 Å². The first-order chi connectivity index (χ1) is 14.2. The summed E-state index contributed by atoms with van der Waals surface area (Å²) in [6, 6.07) is 19.4. The van der Waals surface area contributed by atoms with E-state index in [0.717, 1.165) is 16.7 Å². The van der Waals surface area contributed by atoms with Gasteiger partial charge in [0, 0.05) is 5.02 Å². The van der Waals surface area contributed by atoms with E-state index in [1.165, 1.54) is 12.1 Å². The van der Waals surface area contributed by atoms with Gasteiger partial charge in [-0.25, -0.2) is 4.39 Å². The summed E-state index contributed by atoms with van der Waals surface area (Å²) < 4.78 is 24.6. The minimum absolute atomic E-state index is 0.268. The Labute approximate surface area is 174 Å². The standard InChI is InChI=1S/C23H22ClFN2O2/c1-2-28-23-13-18(14-26-27-15-19-5-3-4-6-21(19)24)9-12-22(23)29-16-17-7-10-20(25)11-8-17/h3-14,27H,2,15-16H2,1H3/b26-14-. The molecule has 3 rings (SSSR count). The van der Waals surface area contributed by atoms with Crippen LogP contribution in [0.25, 0.3) is 0 Å². The van der Waals surface area contributed by atoms with Gasteiger partial charge in [0.2, 0.25) is 0 Å². The molecule has 0 aliphatic heterocycles. The molecule has 0 aromatic heterocycles. The average Bonchev–Trinajstić information content (AvgIpc) is 2.73. The van der Waals surface area contributed by atoms with Gasteiger partial charge in [0.15, 0.2) is 11.5 Å². The maximum atomic E-state index is 13.0. The third-order valence-corrected chi connectivity index (χ3v) is 4.48. The molecular formula is C23H22ClFN2O2. The lowest BCUT2D eigenvalue weighted by Crippen LogP contribution is -2.06. The third kappa shape index (κ3) is 6.22. The number of hydrazone groups is 1. The fourth-order valence-corrected chi connectivity index (χ4v) is 2.83. The number of ether oxygens (including phenoxy) is 2. The monoisotopic (exact) mass is 412 g/mol. The summed E-state index contributed by atoms with van der Waals surface area (Å²) in [5, 5.41) is 4.95. The number of benzene rings is 3. The summed E-state index contributed by atoms with van der Waals surface area (Å²) in [4.78, 5) is 0. The van der Waals surface area contributed by atoms with E-state index < -0.39 is 0 Å². The summed E-state index contributed by atoms with van der Waals surface area (Å²) in [6.07, 6.45) is 1.71. The van der Waals surface area contributed by atoms with Crippen LogP contribution in [0.3, 0.4) is 0 Å². The van der Waals surface area contributed by atoms with Gasteiger partial charge in [-0.1, -0.05) is 41.9 Å². The van der Waals surface area contributed by atoms with Crippen LogP contribution in [0.5, 0.6) is 11.5 Å². The predicted octanol–water partition coefficient (Wildman–Crippen LogP) is 5.58. The second-order valence-electron chi connectivity index (χ2n) is 6.24. The summed E-state index contributed by atoms with van der Waals surface area (Å²) >= 11 is 6.13. The van der Waals surface area contributed by atoms with E-state index in [9.17, 15) is 4.39 Å². The van der Waals surface area contributed by atoms with E-state index in [1.54, 1.807) is 18.3 Å². The van der Waals surface area contributed by atoms with Gasteiger partial charge in [0.25, 0.3) is 0 Å². The van der Waals surface area contributed by atoms with Crippen molar-refractivity contribution in [1.82, 2.24) is 5.43 Å². The van der Waals surface area contributed by atoms with Crippen LogP contribution in [0.15, 0.2) is 71.8 Å². The number of hydrogen-bond donors (Lipinski definition) is 1. The van der Waals surface area contributed by atoms with Crippen molar-refractivity contribution in [2.24, 2.45) is 5.10 Å². The SMILES string of the molecule is CCOc1cc(/C=N\NCc2ccccc2Cl)ccc1OCc1ccc(F)cc1. The second kappa shape index (κ2) is 10.5. The maximum absolute atomic E-state index is 13.0. The molecule has 0 radical (unpaired) electrons. The van der Waals surface area contributed by atoms with Gasteiger partial charge in [-0.05, 0) is 60.0 Å². The lowest BCUT2D eigenvalue weighted by atomic mass is 10.2. The highest BCUT2D eigenvalue weighted by molar-refractivity contribution is 6.31. The molecule has 1 N–H and O–H groups in total. The molecule has 0 aliphatic carbocycles. The Morgan fingerprint density at radius 3 is 2.55 bits per heavy atom. The Bertz CT molecular complexity index is 961. The van der Waals surface area contributed by atoms with Gasteiger partial charge in [0.05, 0.1) is 19.4 Å². The van der Waals surface area contributed by atoms with Crippen LogP contribution in [0, 0.1) is 5.82 Å². The smallest absolute Gasteiger partial charge is 0.161 e. The first-order valence-electron chi connectivity index (χ1n) is 9.29. The largest absolute Gasteiger partial charge is 0.490 e. The summed E-state index contributed by atoms with van der Waals surface area (Å²) in [6.45, 7) is 3.29. The van der Waals surface area contributed by atoms with Gasteiger partial charge < -0.3 is 14.9 Å². The number of nitrogens with zero attached hydrogens (tertiary/aromatic N) is 1. The quantitative estimate of drug-likeness (QED) is 0.368. The minimum atomic E-state index is -0.268. The van der Waals surface area contributed by atoms with Crippen LogP contribution < -0.4 is 14.9 Å². The molecule has 4 nitrogen and oxygen atoms in total. The molecule has 0 spiro atoms. The molecule has 0 saturated carbocycles. The normalized spacial score (nSPS) is 10.9. The van der Waals surface area contributed by atoms with Gasteiger partial charge in [-0.2, -0.15) is 5.10 Å². The average molecular weight is 413 g/mol. The van der Waals surface area contributed by atoms with Crippen LogP contribution in [-0.2, 0) is 13.2 Å². The van der Waals surface area contributed by atoms with Crippen LogP contribution in [0.2, 0.25) is 5.02 Å². The molecule has 3 aromatic rings. The predicted molar refractivity (Wildman–Crippen MR) is 114 cm³/mol. The molecule has 29 heavy (non-hydrogen) atoms. The highest BCUT2D eigenvalue weighted by Crippen LogP contribution is 2.29. The molecule has 0 fully saturated rings. The molecule has 0 amide bonds. The zero-order valence-corrected chi connectivity index (χ0v) is 16.8. The fraction of sp³-hybridized carbons (Fsp3) is 0.174. The lowest BCUT2D eigenvalue weighted by Gasteiger charge is -2.12. The number of nitrogens with one attached hydrogen (secondary N) is 1. The molecular weight excluding hydrogens is 391 g/mol. The lowest BCUT2D eigenvalue weighted by molar-refractivity contribution is 0.269. The molecule has 0 atom stereocenters. The Morgan fingerprint density at radius 1 is 1.00 bits per heavy atom. The second-order valence-corrected chi connectivity index (χ2v) is 6.65. The maximum Gasteiger partial charge on any atom is 0.161 e. The highest BCUT2D eigenvalue weighted by atomic mass is 35.5. The zero-order chi connectivity index (χ0) is 20.5. The minimum Gasteiger partial charge on any atom is -0.490 e. The Kier molecular flexibility index (Phi) is 7.47. The van der Waals surface area contributed by atoms with E-state index in [0.29, 0.717) is 36.3 Å². The molecule has 0 heterocycles. The Morgan fingerprint density at radius 2 is 1.79 bits per heavy atom. The Balaban J connectivity index is 1.62. The first kappa shape index (κ1) is 20.7. The summed E-state index contributed by atoms with van der Waals surface area (Å²) in [5.41, 5.74) is 5.72. The molecule has 0 aliphatic rings. The van der Waals surface area contributed by atoms with Crippen molar-refractivity contribution in [1.29, 1.82) is 0 Å². The van der Waals surface area contributed by atoms with E-state index >= 15 is 0 Å². The Hall–Kier alpha value is -3.05. The fourth-order valence-electron chi connectivity index (χ4n) is 2.63. The van der Waals surface area contributed by atoms with Crippen molar-refractivity contribution in [2.75, 3.05) is 6.61 Å². The zero-order valence-electron chi connectivity index (χ0n) is 16.1. The number of hydrogen-bond acceptors (Lipinski definition) is 4. The summed E-state index contributed by atoms with van der Waals surface area (Å²) in [7, 11) is 0. The molecule has 0 bridgehead atoms. The van der Waals surface area contributed by atoms with Gasteiger partial charge in [-0.3, -0.25) is 0 Å². The van der Waals surface area contributed by atoms with Gasteiger partial charge in [0.1, 0.15) is 12.4 Å². The van der Waals surface area contributed by atoms with Crippen molar-refractivity contribution in [3.05, 3.63) is 94.3 Å². The van der Waals surface area contributed by atoms with E-state index in [1.807, 2.05) is 49.4 Å². The first-order valence-corrected chi connectivity index (χ1v) is 9.67. The summed E-state index contributed by atoms with van der Waals surface area (Å²) in [5.74, 6) is 0.984. The molecule has 6 heteroatoms. The van der Waals surface area contributed by atoms with Crippen molar-refractivity contribution >= 4 is 17.8 Å². The van der Waals surface area contributed by atoms with E-state index in [4.69, 9.17) is 21.1 Å². The third-order valence-electron chi connectivity index (χ3n) is 4.11. The topological polar surface area (TPSA) is 42.8 Å². The highest BCUT2D eigenvalue weighted by Gasteiger charge is 2.07. The van der Waals surface area contributed by atoms with E-state index in [-0.39, 0.29) is 5.82 Å². The van der Waals surface area contributed by atoms with Gasteiger partial charge >= 0.3 is 0 Å². The van der Waals surface area contributed by atoms with Crippen molar-refractivity contribution in [3.8, 4) is 11.5 Å². The van der Waals surface area contributed by atoms with Crippen LogP contribution in [0.4, 0.5) is 4.39 Å². The van der Waals surface area contributed by atoms with Gasteiger partial charge in [-0.15, -0.1) is 0 Å². The van der Waals surface area contributed by atoms with Crippen LogP contribution in [-0.4, -0.2) is 12.8 Å².